The molecule has 1 aromatic heterocycles. The quantitative estimate of drug-likeness (QED) is 0.763. The Labute approximate surface area is 163 Å². The number of benzene rings is 2. The summed E-state index contributed by atoms with van der Waals surface area (Å²) in [5.41, 5.74) is 3.98. The molecule has 3 aromatic rings. The van der Waals surface area contributed by atoms with Crippen LogP contribution in [0.5, 0.6) is 0 Å². The molecule has 0 saturated carbocycles. The Kier molecular flexibility index (Phi) is 4.73. The molecule has 0 saturated heterocycles. The summed E-state index contributed by atoms with van der Waals surface area (Å²) in [7, 11) is 0. The monoisotopic (exact) mass is 369 g/mol. The van der Waals surface area contributed by atoms with Crippen LogP contribution >= 0.6 is 0 Å². The molecule has 0 atom stereocenters. The average Bonchev–Trinajstić information content (AvgIpc) is 2.73. The van der Waals surface area contributed by atoms with Crippen LogP contribution < -0.4 is 5.32 Å². The molecule has 0 fully saturated rings. The highest BCUT2D eigenvalue weighted by molar-refractivity contribution is 5.93. The van der Waals surface area contributed by atoms with Gasteiger partial charge in [-0.3, -0.25) is 4.79 Å². The van der Waals surface area contributed by atoms with Gasteiger partial charge in [-0.15, -0.1) is 0 Å². The van der Waals surface area contributed by atoms with Gasteiger partial charge in [-0.2, -0.15) is 5.26 Å². The number of hydrogen-bond acceptors (Lipinski definition) is 5. The first-order valence-electron chi connectivity index (χ1n) is 9.12. The van der Waals surface area contributed by atoms with E-state index in [-0.39, 0.29) is 5.91 Å². The van der Waals surface area contributed by atoms with Gasteiger partial charge in [-0.05, 0) is 36.6 Å². The molecule has 138 valence electrons. The fourth-order valence-electron chi connectivity index (χ4n) is 3.40. The molecule has 0 spiro atoms. The maximum atomic E-state index is 13.0. The highest BCUT2D eigenvalue weighted by Gasteiger charge is 2.23. The molecular formula is C22H19N5O. The molecule has 0 radical (unpaired) electrons. The molecule has 1 N–H and O–H groups in total. The second-order valence-corrected chi connectivity index (χ2v) is 6.71. The lowest BCUT2D eigenvalue weighted by Gasteiger charge is -2.28. The summed E-state index contributed by atoms with van der Waals surface area (Å²) in [6.45, 7) is 3.00. The first-order valence-corrected chi connectivity index (χ1v) is 9.12. The van der Waals surface area contributed by atoms with Crippen LogP contribution in [0.2, 0.25) is 0 Å². The molecule has 0 bridgehead atoms. The van der Waals surface area contributed by atoms with Gasteiger partial charge in [0.05, 0.1) is 11.3 Å². The van der Waals surface area contributed by atoms with Crippen molar-refractivity contribution in [2.45, 2.75) is 19.9 Å². The van der Waals surface area contributed by atoms with E-state index in [2.05, 4.69) is 33.5 Å². The molecule has 1 amide bonds. The minimum absolute atomic E-state index is 0.114. The molecule has 0 aliphatic carbocycles. The molecular weight excluding hydrogens is 350 g/mol. The molecule has 0 unspecified atom stereocenters. The van der Waals surface area contributed by atoms with E-state index in [0.717, 1.165) is 6.42 Å². The molecule has 6 heteroatoms. The Balaban J connectivity index is 1.59. The van der Waals surface area contributed by atoms with Crippen LogP contribution in [-0.4, -0.2) is 27.3 Å². The summed E-state index contributed by atoms with van der Waals surface area (Å²) < 4.78 is 0. The van der Waals surface area contributed by atoms with Crippen molar-refractivity contribution < 1.29 is 4.79 Å². The second-order valence-electron chi connectivity index (χ2n) is 6.71. The zero-order chi connectivity index (χ0) is 19.5. The predicted octanol–water partition coefficient (Wildman–Crippen LogP) is 3.60. The van der Waals surface area contributed by atoms with Crippen LogP contribution in [0, 0.1) is 18.3 Å². The van der Waals surface area contributed by atoms with Crippen LogP contribution in [-0.2, 0) is 13.0 Å². The van der Waals surface area contributed by atoms with Crippen LogP contribution in [0.15, 0.2) is 54.6 Å². The summed E-state index contributed by atoms with van der Waals surface area (Å²) in [4.78, 5) is 23.6. The highest BCUT2D eigenvalue weighted by Crippen LogP contribution is 2.22. The lowest BCUT2D eigenvalue weighted by Crippen LogP contribution is -2.36. The maximum absolute atomic E-state index is 13.0. The minimum atomic E-state index is -0.114. The van der Waals surface area contributed by atoms with E-state index in [1.54, 1.807) is 31.2 Å². The number of fused-ring (bicyclic) bond motifs is 1. The van der Waals surface area contributed by atoms with E-state index in [9.17, 15) is 10.1 Å². The van der Waals surface area contributed by atoms with E-state index >= 15 is 0 Å². The van der Waals surface area contributed by atoms with Crippen LogP contribution in [0.4, 0.5) is 11.5 Å². The smallest absolute Gasteiger partial charge is 0.272 e. The summed E-state index contributed by atoms with van der Waals surface area (Å²) in [5, 5.41) is 12.4. The topological polar surface area (TPSA) is 81.9 Å². The van der Waals surface area contributed by atoms with Gasteiger partial charge >= 0.3 is 0 Å². The number of nitrogens with zero attached hydrogens (tertiary/aromatic N) is 4. The SMILES string of the molecule is Cc1nc(Nc2ccccc2C#N)cc(C(=O)N2CCc3ccccc3C2)n1. The van der Waals surface area contributed by atoms with E-state index in [0.29, 0.717) is 41.7 Å². The van der Waals surface area contributed by atoms with Crippen molar-refractivity contribution in [2.24, 2.45) is 0 Å². The van der Waals surface area contributed by atoms with Crippen LogP contribution in [0.1, 0.15) is 33.0 Å². The molecule has 28 heavy (non-hydrogen) atoms. The average molecular weight is 369 g/mol. The lowest BCUT2D eigenvalue weighted by atomic mass is 10.00. The molecule has 2 aromatic carbocycles. The molecule has 6 nitrogen and oxygen atoms in total. The number of nitriles is 1. The number of nitrogens with one attached hydrogen (secondary N) is 1. The second kappa shape index (κ2) is 7.49. The predicted molar refractivity (Wildman–Crippen MR) is 106 cm³/mol. The maximum Gasteiger partial charge on any atom is 0.272 e. The van der Waals surface area contributed by atoms with Gasteiger partial charge in [0.1, 0.15) is 23.4 Å². The number of aryl methyl sites for hydroxylation is 1. The minimum Gasteiger partial charge on any atom is -0.339 e. The standard InChI is InChI=1S/C22H19N5O/c1-15-24-20(12-21(25-15)26-19-9-5-4-7-17(19)13-23)22(28)27-11-10-16-6-2-3-8-18(16)14-27/h2-9,12H,10-11,14H2,1H3,(H,24,25,26). The van der Waals surface area contributed by atoms with Gasteiger partial charge in [0.25, 0.3) is 5.91 Å². The fourth-order valence-corrected chi connectivity index (χ4v) is 3.40. The van der Waals surface area contributed by atoms with Crippen molar-refractivity contribution in [2.75, 3.05) is 11.9 Å². The van der Waals surface area contributed by atoms with Gasteiger partial charge in [0.2, 0.25) is 0 Å². The zero-order valence-corrected chi connectivity index (χ0v) is 15.5. The van der Waals surface area contributed by atoms with Crippen LogP contribution in [0.25, 0.3) is 0 Å². The Morgan fingerprint density at radius 1 is 1.11 bits per heavy atom. The van der Waals surface area contributed by atoms with Gasteiger partial charge in [-0.25, -0.2) is 9.97 Å². The normalized spacial score (nSPS) is 12.8. The first-order chi connectivity index (χ1) is 13.6. The number of carbonyl (C=O) groups excluding carboxylic acids is 1. The number of amides is 1. The number of aromatic nitrogens is 2. The van der Waals surface area contributed by atoms with Crippen molar-refractivity contribution >= 4 is 17.4 Å². The van der Waals surface area contributed by atoms with Crippen LogP contribution in [0.3, 0.4) is 0 Å². The Bertz CT molecular complexity index is 1090. The summed E-state index contributed by atoms with van der Waals surface area (Å²) in [5.74, 6) is 0.882. The Morgan fingerprint density at radius 3 is 2.68 bits per heavy atom. The number of rotatable bonds is 3. The van der Waals surface area contributed by atoms with Crippen molar-refractivity contribution in [3.63, 3.8) is 0 Å². The number of anilines is 2. The number of para-hydroxylation sites is 1. The Hall–Kier alpha value is -3.72. The third kappa shape index (κ3) is 3.55. The summed E-state index contributed by atoms with van der Waals surface area (Å²) in [6, 6.07) is 19.2. The zero-order valence-electron chi connectivity index (χ0n) is 15.5. The van der Waals surface area contributed by atoms with Gasteiger partial charge < -0.3 is 10.2 Å². The summed E-state index contributed by atoms with van der Waals surface area (Å²) in [6.07, 6.45) is 0.840. The third-order valence-corrected chi connectivity index (χ3v) is 4.79. The fraction of sp³-hybridized carbons (Fsp3) is 0.182. The molecule has 1 aliphatic rings. The van der Waals surface area contributed by atoms with E-state index < -0.39 is 0 Å². The molecule has 4 rings (SSSR count). The largest absolute Gasteiger partial charge is 0.339 e. The summed E-state index contributed by atoms with van der Waals surface area (Å²) >= 11 is 0. The highest BCUT2D eigenvalue weighted by atomic mass is 16.2. The number of carbonyl (C=O) groups is 1. The van der Waals surface area contributed by atoms with Crippen molar-refractivity contribution in [1.82, 2.24) is 14.9 Å². The number of hydrogen-bond donors (Lipinski definition) is 1. The van der Waals surface area contributed by atoms with Crippen molar-refractivity contribution in [3.8, 4) is 6.07 Å². The van der Waals surface area contributed by atoms with Crippen molar-refractivity contribution in [1.29, 1.82) is 5.26 Å². The van der Waals surface area contributed by atoms with E-state index in [1.165, 1.54) is 11.1 Å². The van der Waals surface area contributed by atoms with E-state index in [4.69, 9.17) is 0 Å². The Morgan fingerprint density at radius 2 is 1.86 bits per heavy atom. The van der Waals surface area contributed by atoms with E-state index in [1.807, 2.05) is 23.1 Å². The van der Waals surface area contributed by atoms with Gasteiger partial charge in [0.15, 0.2) is 0 Å². The lowest BCUT2D eigenvalue weighted by molar-refractivity contribution is 0.0728. The first kappa shape index (κ1) is 17.7. The molecule has 1 aliphatic heterocycles. The van der Waals surface area contributed by atoms with Gasteiger partial charge in [-0.1, -0.05) is 36.4 Å². The van der Waals surface area contributed by atoms with Gasteiger partial charge in [0, 0.05) is 19.2 Å². The van der Waals surface area contributed by atoms with Crippen molar-refractivity contribution in [3.05, 3.63) is 82.8 Å². The third-order valence-electron chi connectivity index (χ3n) is 4.79. The molecule has 2 heterocycles.